The van der Waals surface area contributed by atoms with Crippen molar-refractivity contribution in [2.45, 2.75) is 25.4 Å². The number of hydrogen-bond acceptors (Lipinski definition) is 3. The fourth-order valence-corrected chi connectivity index (χ4v) is 1.56. The smallest absolute Gasteiger partial charge is 0.272 e. The van der Waals surface area contributed by atoms with E-state index in [1.807, 2.05) is 6.92 Å². The number of halogens is 2. The first-order valence-corrected chi connectivity index (χ1v) is 4.99. The van der Waals surface area contributed by atoms with Crippen molar-refractivity contribution in [3.8, 4) is 0 Å². The summed E-state index contributed by atoms with van der Waals surface area (Å²) in [5, 5.41) is 0. The topological polar surface area (TPSA) is 38.5 Å². The van der Waals surface area contributed by atoms with E-state index in [4.69, 9.17) is 10.5 Å². The van der Waals surface area contributed by atoms with Crippen LogP contribution in [0, 0.1) is 0 Å². The van der Waals surface area contributed by atoms with Crippen molar-refractivity contribution in [3.05, 3.63) is 0 Å². The Morgan fingerprint density at radius 1 is 1.57 bits per heavy atom. The summed E-state index contributed by atoms with van der Waals surface area (Å²) in [6.07, 6.45) is 0.961. The average Bonchev–Trinajstić information content (AvgIpc) is 2.17. The molecule has 0 aromatic rings. The monoisotopic (exact) mass is 208 g/mol. The molecule has 1 heterocycles. The fourth-order valence-electron chi connectivity index (χ4n) is 1.56. The van der Waals surface area contributed by atoms with Crippen LogP contribution >= 0.6 is 0 Å². The van der Waals surface area contributed by atoms with Gasteiger partial charge in [-0.2, -0.15) is 0 Å². The lowest BCUT2D eigenvalue weighted by Gasteiger charge is -2.34. The molecule has 0 aliphatic carbocycles. The number of hydrogen-bond donors (Lipinski definition) is 1. The molecule has 3 nitrogen and oxygen atoms in total. The molecule has 0 spiro atoms. The zero-order valence-corrected chi connectivity index (χ0v) is 8.51. The van der Waals surface area contributed by atoms with Gasteiger partial charge in [0.15, 0.2) is 0 Å². The highest BCUT2D eigenvalue weighted by Crippen LogP contribution is 2.16. The molecule has 0 amide bonds. The summed E-state index contributed by atoms with van der Waals surface area (Å²) in [5.74, 6) is -2.77. The summed E-state index contributed by atoms with van der Waals surface area (Å²) in [7, 11) is 0. The zero-order chi connectivity index (χ0) is 10.6. The Kier molecular flexibility index (Phi) is 4.22. The Morgan fingerprint density at radius 2 is 2.29 bits per heavy atom. The van der Waals surface area contributed by atoms with E-state index in [1.54, 1.807) is 4.90 Å². The third-order valence-corrected chi connectivity index (χ3v) is 2.43. The van der Waals surface area contributed by atoms with Gasteiger partial charge < -0.3 is 10.5 Å². The van der Waals surface area contributed by atoms with Gasteiger partial charge in [-0.1, -0.05) is 6.92 Å². The van der Waals surface area contributed by atoms with E-state index in [0.29, 0.717) is 19.7 Å². The van der Waals surface area contributed by atoms with Gasteiger partial charge in [0.1, 0.15) is 0 Å². The number of nitrogens with zero attached hydrogens (tertiary/aromatic N) is 1. The molecule has 1 aliphatic rings. The molecule has 1 rings (SSSR count). The number of nitrogens with two attached hydrogens (primary N) is 1. The van der Waals surface area contributed by atoms with Crippen LogP contribution in [0.2, 0.25) is 0 Å². The average molecular weight is 208 g/mol. The van der Waals surface area contributed by atoms with Crippen molar-refractivity contribution in [2.24, 2.45) is 5.73 Å². The van der Waals surface area contributed by atoms with Crippen LogP contribution in [0.25, 0.3) is 0 Å². The minimum atomic E-state index is -2.77. The largest absolute Gasteiger partial charge is 0.376 e. The summed E-state index contributed by atoms with van der Waals surface area (Å²) < 4.78 is 31.3. The van der Waals surface area contributed by atoms with E-state index in [-0.39, 0.29) is 12.6 Å². The Morgan fingerprint density at radius 3 is 2.86 bits per heavy atom. The van der Waals surface area contributed by atoms with E-state index in [9.17, 15) is 8.78 Å². The molecule has 0 aromatic carbocycles. The first-order valence-electron chi connectivity index (χ1n) is 4.99. The molecule has 5 heteroatoms. The Balaban J connectivity index is 2.37. The molecule has 1 unspecified atom stereocenters. The molecule has 0 saturated carbocycles. The standard InChI is InChI=1S/C9H18F2N2O/c1-2-8-5-13(3-4-14-8)7-9(10,11)6-12/h8H,2-7,12H2,1H3. The molecule has 1 fully saturated rings. The molecule has 14 heavy (non-hydrogen) atoms. The number of alkyl halides is 2. The van der Waals surface area contributed by atoms with Crippen molar-refractivity contribution in [3.63, 3.8) is 0 Å². The summed E-state index contributed by atoms with van der Waals surface area (Å²) in [5.41, 5.74) is 4.98. The van der Waals surface area contributed by atoms with Crippen molar-refractivity contribution in [1.29, 1.82) is 0 Å². The summed E-state index contributed by atoms with van der Waals surface area (Å²) in [6, 6.07) is 0. The number of rotatable bonds is 4. The summed E-state index contributed by atoms with van der Waals surface area (Å²) in [6.45, 7) is 2.87. The molecule has 0 radical (unpaired) electrons. The predicted molar refractivity (Wildman–Crippen MR) is 50.5 cm³/mol. The molecule has 0 aromatic heterocycles. The van der Waals surface area contributed by atoms with Crippen LogP contribution in [0.3, 0.4) is 0 Å². The van der Waals surface area contributed by atoms with Crippen molar-refractivity contribution in [2.75, 3.05) is 32.8 Å². The SMILES string of the molecule is CCC1CN(CC(F)(F)CN)CCO1. The van der Waals surface area contributed by atoms with Crippen LogP contribution in [0.5, 0.6) is 0 Å². The summed E-state index contributed by atoms with van der Waals surface area (Å²) in [4.78, 5) is 1.73. The van der Waals surface area contributed by atoms with Crippen molar-refractivity contribution >= 4 is 0 Å². The van der Waals surface area contributed by atoms with Crippen LogP contribution in [-0.4, -0.2) is 49.7 Å². The lowest BCUT2D eigenvalue weighted by molar-refractivity contribution is -0.0767. The molecular formula is C9H18F2N2O. The van der Waals surface area contributed by atoms with Gasteiger partial charge in [-0.05, 0) is 6.42 Å². The molecule has 1 atom stereocenters. The van der Waals surface area contributed by atoms with Gasteiger partial charge in [-0.3, -0.25) is 4.90 Å². The van der Waals surface area contributed by atoms with E-state index in [0.717, 1.165) is 6.42 Å². The van der Waals surface area contributed by atoms with Gasteiger partial charge in [0.25, 0.3) is 5.92 Å². The molecular weight excluding hydrogens is 190 g/mol. The summed E-state index contributed by atoms with van der Waals surface area (Å²) >= 11 is 0. The highest BCUT2D eigenvalue weighted by atomic mass is 19.3. The first kappa shape index (κ1) is 11.8. The molecule has 1 saturated heterocycles. The third-order valence-electron chi connectivity index (χ3n) is 2.43. The maximum absolute atomic E-state index is 13.0. The molecule has 2 N–H and O–H groups in total. The van der Waals surface area contributed by atoms with Crippen molar-refractivity contribution in [1.82, 2.24) is 4.90 Å². The zero-order valence-electron chi connectivity index (χ0n) is 8.51. The lowest BCUT2D eigenvalue weighted by Crippen LogP contribution is -2.49. The van der Waals surface area contributed by atoms with Gasteiger partial charge in [0.05, 0.1) is 25.8 Å². The van der Waals surface area contributed by atoms with Crippen LogP contribution < -0.4 is 5.73 Å². The second-order valence-corrected chi connectivity index (χ2v) is 3.70. The maximum Gasteiger partial charge on any atom is 0.272 e. The minimum Gasteiger partial charge on any atom is -0.376 e. The van der Waals surface area contributed by atoms with E-state index < -0.39 is 12.5 Å². The third kappa shape index (κ3) is 3.48. The van der Waals surface area contributed by atoms with Gasteiger partial charge >= 0.3 is 0 Å². The minimum absolute atomic E-state index is 0.0947. The Hall–Kier alpha value is -0.260. The van der Waals surface area contributed by atoms with Gasteiger partial charge in [0.2, 0.25) is 0 Å². The van der Waals surface area contributed by atoms with E-state index >= 15 is 0 Å². The lowest BCUT2D eigenvalue weighted by atomic mass is 10.2. The normalized spacial score (nSPS) is 25.3. The van der Waals surface area contributed by atoms with Gasteiger partial charge in [0, 0.05) is 13.1 Å². The number of ether oxygens (including phenoxy) is 1. The van der Waals surface area contributed by atoms with Crippen LogP contribution in [0.1, 0.15) is 13.3 Å². The molecule has 0 bridgehead atoms. The van der Waals surface area contributed by atoms with Gasteiger partial charge in [-0.25, -0.2) is 8.78 Å². The second-order valence-electron chi connectivity index (χ2n) is 3.70. The maximum atomic E-state index is 13.0. The molecule has 84 valence electrons. The van der Waals surface area contributed by atoms with Crippen LogP contribution in [0.15, 0.2) is 0 Å². The van der Waals surface area contributed by atoms with Crippen molar-refractivity contribution < 1.29 is 13.5 Å². The quantitative estimate of drug-likeness (QED) is 0.738. The van der Waals surface area contributed by atoms with E-state index in [1.165, 1.54) is 0 Å². The fraction of sp³-hybridized carbons (Fsp3) is 1.00. The van der Waals surface area contributed by atoms with Crippen LogP contribution in [-0.2, 0) is 4.74 Å². The van der Waals surface area contributed by atoms with Crippen LogP contribution in [0.4, 0.5) is 8.78 Å². The Labute approximate surface area is 83.2 Å². The van der Waals surface area contributed by atoms with E-state index in [2.05, 4.69) is 0 Å². The Bertz CT molecular complexity index is 178. The number of morpholine rings is 1. The molecule has 1 aliphatic heterocycles. The highest BCUT2D eigenvalue weighted by Gasteiger charge is 2.32. The first-order chi connectivity index (χ1) is 6.57. The highest BCUT2D eigenvalue weighted by molar-refractivity contribution is 4.77. The predicted octanol–water partition coefficient (Wildman–Crippen LogP) is 0.691. The second kappa shape index (κ2) is 5.00. The van der Waals surface area contributed by atoms with Gasteiger partial charge in [-0.15, -0.1) is 0 Å².